The summed E-state index contributed by atoms with van der Waals surface area (Å²) in [7, 11) is 5.75. The van der Waals surface area contributed by atoms with Gasteiger partial charge in [-0.1, -0.05) is 13.8 Å². The Hall–Kier alpha value is -2.22. The van der Waals surface area contributed by atoms with Gasteiger partial charge >= 0.3 is 6.09 Å². The molecule has 0 aliphatic heterocycles. The summed E-state index contributed by atoms with van der Waals surface area (Å²) < 4.78 is 11.0. The van der Waals surface area contributed by atoms with Crippen molar-refractivity contribution in [3.8, 4) is 0 Å². The van der Waals surface area contributed by atoms with Gasteiger partial charge in [0.2, 0.25) is 0 Å². The maximum Gasteiger partial charge on any atom is 0.408 e. The Morgan fingerprint density at radius 1 is 1.24 bits per heavy atom. The van der Waals surface area contributed by atoms with Gasteiger partial charge in [0, 0.05) is 20.1 Å². The summed E-state index contributed by atoms with van der Waals surface area (Å²) in [5.41, 5.74) is -0.961. The number of aliphatic imine (C=N–C) groups is 1. The molecule has 1 atom stereocenters. The molecule has 8 nitrogen and oxygen atoms in total. The second-order valence-corrected chi connectivity index (χ2v) is 8.42. The van der Waals surface area contributed by atoms with E-state index in [9.17, 15) is 4.79 Å². The summed E-state index contributed by atoms with van der Waals surface area (Å²) >= 11 is 0. The summed E-state index contributed by atoms with van der Waals surface area (Å²) in [6.45, 7) is 10.8. The van der Waals surface area contributed by atoms with Crippen molar-refractivity contribution >= 4 is 12.1 Å². The van der Waals surface area contributed by atoms with Gasteiger partial charge < -0.3 is 25.1 Å². The van der Waals surface area contributed by atoms with Crippen molar-refractivity contribution in [1.29, 1.82) is 0 Å². The molecule has 0 saturated heterocycles. The Labute approximate surface area is 175 Å². The molecule has 0 aliphatic rings. The first kappa shape index (κ1) is 24.8. The number of amides is 1. The zero-order chi connectivity index (χ0) is 22.1. The molecule has 0 spiro atoms. The van der Waals surface area contributed by atoms with Crippen LogP contribution in [0.3, 0.4) is 0 Å². The molecule has 1 amide bonds. The lowest BCUT2D eigenvalue weighted by atomic mass is 9.93. The van der Waals surface area contributed by atoms with Crippen LogP contribution in [0.5, 0.6) is 0 Å². The molecule has 1 unspecified atom stereocenters. The Morgan fingerprint density at radius 3 is 2.34 bits per heavy atom. The van der Waals surface area contributed by atoms with E-state index < -0.39 is 17.2 Å². The molecule has 1 rings (SSSR count). The van der Waals surface area contributed by atoms with Crippen LogP contribution in [0.4, 0.5) is 4.79 Å². The smallest absolute Gasteiger partial charge is 0.408 e. The van der Waals surface area contributed by atoms with Crippen molar-refractivity contribution in [2.45, 2.75) is 64.6 Å². The zero-order valence-corrected chi connectivity index (χ0v) is 19.3. The van der Waals surface area contributed by atoms with E-state index in [1.165, 1.54) is 0 Å². The first-order chi connectivity index (χ1) is 13.6. The van der Waals surface area contributed by atoms with Crippen molar-refractivity contribution in [2.75, 3.05) is 34.2 Å². The zero-order valence-electron chi connectivity index (χ0n) is 19.3. The van der Waals surface area contributed by atoms with Gasteiger partial charge in [-0.25, -0.2) is 4.79 Å². The number of carbonyl (C=O) groups excluding carboxylic acids is 1. The maximum atomic E-state index is 12.3. The molecular formula is C21H39N5O3. The average molecular weight is 410 g/mol. The molecule has 0 saturated carbocycles. The van der Waals surface area contributed by atoms with Crippen LogP contribution < -0.4 is 16.0 Å². The fourth-order valence-electron chi connectivity index (χ4n) is 2.93. The standard InChI is InChI=1S/C21H39N5O3/c1-9-21(10-2,25-19(27)29-20(3,4)5)15-24-18(22-6)23-14-16(26(7)8)17-12-11-13-28-17/h11-13,16H,9-10,14-15H2,1-8H3,(H,25,27)(H2,22,23,24). The number of alkyl carbamates (subject to hydrolysis) is 1. The molecule has 0 bridgehead atoms. The van der Waals surface area contributed by atoms with E-state index in [1.807, 2.05) is 47.0 Å². The highest BCUT2D eigenvalue weighted by atomic mass is 16.6. The molecule has 8 heteroatoms. The highest BCUT2D eigenvalue weighted by Crippen LogP contribution is 2.18. The number of nitrogens with one attached hydrogen (secondary N) is 3. The minimum Gasteiger partial charge on any atom is -0.468 e. The lowest BCUT2D eigenvalue weighted by Gasteiger charge is -2.34. The largest absolute Gasteiger partial charge is 0.468 e. The number of ether oxygens (including phenoxy) is 1. The van der Waals surface area contributed by atoms with Crippen LogP contribution in [-0.4, -0.2) is 62.3 Å². The number of furan rings is 1. The van der Waals surface area contributed by atoms with Gasteiger partial charge in [0.15, 0.2) is 5.96 Å². The van der Waals surface area contributed by atoms with Gasteiger partial charge in [0.1, 0.15) is 11.4 Å². The lowest BCUT2D eigenvalue weighted by Crippen LogP contribution is -2.57. The molecule has 1 heterocycles. The Kier molecular flexibility index (Phi) is 9.49. The molecule has 3 N–H and O–H groups in total. The van der Waals surface area contributed by atoms with Crippen molar-refractivity contribution < 1.29 is 13.9 Å². The predicted molar refractivity (Wildman–Crippen MR) is 117 cm³/mol. The van der Waals surface area contributed by atoms with E-state index in [0.29, 0.717) is 19.0 Å². The van der Waals surface area contributed by atoms with Crippen LogP contribution in [0.15, 0.2) is 27.8 Å². The second-order valence-electron chi connectivity index (χ2n) is 8.42. The Morgan fingerprint density at radius 2 is 1.90 bits per heavy atom. The van der Waals surface area contributed by atoms with Crippen LogP contribution in [0.25, 0.3) is 0 Å². The van der Waals surface area contributed by atoms with Crippen molar-refractivity contribution in [1.82, 2.24) is 20.9 Å². The molecular weight excluding hydrogens is 370 g/mol. The van der Waals surface area contributed by atoms with E-state index in [-0.39, 0.29) is 6.04 Å². The molecule has 1 aromatic heterocycles. The van der Waals surface area contributed by atoms with E-state index in [0.717, 1.165) is 18.6 Å². The average Bonchev–Trinajstić information content (AvgIpc) is 3.15. The third-order valence-corrected chi connectivity index (χ3v) is 4.90. The van der Waals surface area contributed by atoms with Gasteiger partial charge in [-0.3, -0.25) is 9.89 Å². The monoisotopic (exact) mass is 409 g/mol. The predicted octanol–water partition coefficient (Wildman–Crippen LogP) is 3.13. The number of carbonyl (C=O) groups is 1. The number of likely N-dealkylation sites (N-methyl/N-ethyl adjacent to an activating group) is 1. The van der Waals surface area contributed by atoms with Crippen molar-refractivity contribution in [3.63, 3.8) is 0 Å². The van der Waals surface area contributed by atoms with Gasteiger partial charge in [-0.15, -0.1) is 0 Å². The summed E-state index contributed by atoms with van der Waals surface area (Å²) in [6, 6.07) is 3.93. The van der Waals surface area contributed by atoms with Crippen molar-refractivity contribution in [2.24, 2.45) is 4.99 Å². The molecule has 0 aromatic carbocycles. The van der Waals surface area contributed by atoms with Gasteiger partial charge in [0.25, 0.3) is 0 Å². The minimum absolute atomic E-state index is 0.0746. The number of nitrogens with zero attached hydrogens (tertiary/aromatic N) is 2. The lowest BCUT2D eigenvalue weighted by molar-refractivity contribution is 0.0448. The van der Waals surface area contributed by atoms with Crippen LogP contribution >= 0.6 is 0 Å². The molecule has 0 fully saturated rings. The van der Waals surface area contributed by atoms with Crippen LogP contribution in [0, 0.1) is 0 Å². The van der Waals surface area contributed by atoms with E-state index >= 15 is 0 Å². The fourth-order valence-corrected chi connectivity index (χ4v) is 2.93. The maximum absolute atomic E-state index is 12.3. The van der Waals surface area contributed by atoms with Gasteiger partial charge in [0.05, 0.1) is 17.8 Å². The fraction of sp³-hybridized carbons (Fsp3) is 0.714. The van der Waals surface area contributed by atoms with Crippen molar-refractivity contribution in [3.05, 3.63) is 24.2 Å². The number of rotatable bonds is 9. The third-order valence-electron chi connectivity index (χ3n) is 4.90. The SMILES string of the molecule is CCC(CC)(CNC(=NC)NCC(c1ccco1)N(C)C)NC(=O)OC(C)(C)C. The molecule has 166 valence electrons. The van der Waals surface area contributed by atoms with E-state index in [4.69, 9.17) is 9.15 Å². The molecule has 29 heavy (non-hydrogen) atoms. The first-order valence-corrected chi connectivity index (χ1v) is 10.2. The first-order valence-electron chi connectivity index (χ1n) is 10.2. The summed E-state index contributed by atoms with van der Waals surface area (Å²) in [5.74, 6) is 1.56. The Bertz CT molecular complexity index is 631. The topological polar surface area (TPSA) is 91.1 Å². The Balaban J connectivity index is 2.70. The highest BCUT2D eigenvalue weighted by Gasteiger charge is 2.30. The second kappa shape index (κ2) is 11.1. The summed E-state index contributed by atoms with van der Waals surface area (Å²) in [6.07, 6.45) is 2.80. The van der Waals surface area contributed by atoms with Crippen LogP contribution in [-0.2, 0) is 4.74 Å². The van der Waals surface area contributed by atoms with Gasteiger partial charge in [-0.05, 0) is 59.8 Å². The van der Waals surface area contributed by atoms with E-state index in [2.05, 4.69) is 39.7 Å². The van der Waals surface area contributed by atoms with Crippen LogP contribution in [0.1, 0.15) is 59.3 Å². The minimum atomic E-state index is -0.532. The summed E-state index contributed by atoms with van der Waals surface area (Å²) in [4.78, 5) is 18.7. The molecule has 0 radical (unpaired) electrons. The highest BCUT2D eigenvalue weighted by molar-refractivity contribution is 5.80. The quantitative estimate of drug-likeness (QED) is 0.429. The number of guanidine groups is 1. The molecule has 1 aromatic rings. The van der Waals surface area contributed by atoms with E-state index in [1.54, 1.807) is 13.3 Å². The normalized spacial score (nSPS) is 13.9. The number of hydrogen-bond donors (Lipinski definition) is 3. The van der Waals surface area contributed by atoms with Gasteiger partial charge in [-0.2, -0.15) is 0 Å². The van der Waals surface area contributed by atoms with Crippen LogP contribution in [0.2, 0.25) is 0 Å². The summed E-state index contributed by atoms with van der Waals surface area (Å²) in [5, 5.41) is 9.73. The molecule has 0 aliphatic carbocycles. The number of hydrogen-bond acceptors (Lipinski definition) is 5. The third kappa shape index (κ3) is 8.35.